The van der Waals surface area contributed by atoms with E-state index in [0.717, 1.165) is 5.75 Å². The molecule has 0 aliphatic carbocycles. The summed E-state index contributed by atoms with van der Waals surface area (Å²) < 4.78 is 10.5. The van der Waals surface area contributed by atoms with E-state index in [1.54, 1.807) is 55.5 Å². The predicted molar refractivity (Wildman–Crippen MR) is 92.6 cm³/mol. The van der Waals surface area contributed by atoms with Crippen LogP contribution in [-0.2, 0) is 4.74 Å². The van der Waals surface area contributed by atoms with Crippen LogP contribution in [0.5, 0.6) is 5.75 Å². The molecule has 0 aliphatic heterocycles. The van der Waals surface area contributed by atoms with Gasteiger partial charge in [0.15, 0.2) is 0 Å². The standard InChI is InChI=1S/C19H21NO4/c1-4-23-19(22)15-5-9-16(10-6-15)20-18(21)14-7-11-17(12-8-14)24-13(2)3/h5-13H,4H2,1-3H3,(H,20,21). The van der Waals surface area contributed by atoms with Crippen LogP contribution in [0.3, 0.4) is 0 Å². The van der Waals surface area contributed by atoms with Crippen LogP contribution in [0.2, 0.25) is 0 Å². The quantitative estimate of drug-likeness (QED) is 0.817. The van der Waals surface area contributed by atoms with Gasteiger partial charge < -0.3 is 14.8 Å². The van der Waals surface area contributed by atoms with Crippen LogP contribution < -0.4 is 10.1 Å². The Bertz CT molecular complexity index is 690. The van der Waals surface area contributed by atoms with E-state index in [-0.39, 0.29) is 18.0 Å². The highest BCUT2D eigenvalue weighted by Crippen LogP contribution is 2.16. The van der Waals surface area contributed by atoms with E-state index < -0.39 is 0 Å². The lowest BCUT2D eigenvalue weighted by molar-refractivity contribution is 0.0526. The molecule has 0 aromatic heterocycles. The minimum Gasteiger partial charge on any atom is -0.491 e. The van der Waals surface area contributed by atoms with Crippen molar-refractivity contribution in [3.63, 3.8) is 0 Å². The number of amides is 1. The van der Waals surface area contributed by atoms with Crippen LogP contribution in [0.4, 0.5) is 5.69 Å². The van der Waals surface area contributed by atoms with Gasteiger partial charge in [0.25, 0.3) is 5.91 Å². The Kier molecular flexibility index (Phi) is 5.95. The van der Waals surface area contributed by atoms with Crippen LogP contribution in [0.15, 0.2) is 48.5 Å². The SMILES string of the molecule is CCOC(=O)c1ccc(NC(=O)c2ccc(OC(C)C)cc2)cc1. The second-order valence-corrected chi connectivity index (χ2v) is 5.44. The fourth-order valence-electron chi connectivity index (χ4n) is 2.06. The van der Waals surface area contributed by atoms with E-state index in [4.69, 9.17) is 9.47 Å². The molecule has 2 rings (SSSR count). The summed E-state index contributed by atoms with van der Waals surface area (Å²) in [6, 6.07) is 13.5. The fraction of sp³-hybridized carbons (Fsp3) is 0.263. The molecule has 2 aromatic carbocycles. The van der Waals surface area contributed by atoms with Crippen LogP contribution in [0.1, 0.15) is 41.5 Å². The third-order valence-electron chi connectivity index (χ3n) is 3.14. The van der Waals surface area contributed by atoms with Gasteiger partial charge in [0.2, 0.25) is 0 Å². The normalized spacial score (nSPS) is 10.3. The lowest BCUT2D eigenvalue weighted by atomic mass is 10.1. The Morgan fingerprint density at radius 3 is 2.08 bits per heavy atom. The summed E-state index contributed by atoms with van der Waals surface area (Å²) in [4.78, 5) is 23.8. The predicted octanol–water partition coefficient (Wildman–Crippen LogP) is 3.90. The number of carbonyl (C=O) groups is 2. The molecule has 126 valence electrons. The first-order valence-electron chi connectivity index (χ1n) is 7.85. The molecule has 0 aliphatic rings. The number of hydrogen-bond acceptors (Lipinski definition) is 4. The smallest absolute Gasteiger partial charge is 0.338 e. The van der Waals surface area contributed by atoms with Gasteiger partial charge in [-0.1, -0.05) is 0 Å². The minimum atomic E-state index is -0.379. The molecule has 0 radical (unpaired) electrons. The first-order valence-corrected chi connectivity index (χ1v) is 7.85. The number of hydrogen-bond donors (Lipinski definition) is 1. The van der Waals surface area contributed by atoms with E-state index >= 15 is 0 Å². The van der Waals surface area contributed by atoms with E-state index in [2.05, 4.69) is 5.32 Å². The third-order valence-corrected chi connectivity index (χ3v) is 3.14. The van der Waals surface area contributed by atoms with Gasteiger partial charge in [-0.05, 0) is 69.3 Å². The van der Waals surface area contributed by atoms with Gasteiger partial charge >= 0.3 is 5.97 Å². The average Bonchev–Trinajstić information content (AvgIpc) is 2.56. The maximum atomic E-state index is 12.2. The van der Waals surface area contributed by atoms with Gasteiger partial charge in [0.05, 0.1) is 18.3 Å². The van der Waals surface area contributed by atoms with Crippen molar-refractivity contribution in [3.05, 3.63) is 59.7 Å². The van der Waals surface area contributed by atoms with Crippen molar-refractivity contribution in [1.29, 1.82) is 0 Å². The molecule has 0 fully saturated rings. The zero-order chi connectivity index (χ0) is 17.5. The summed E-state index contributed by atoms with van der Waals surface area (Å²) in [5.74, 6) is 0.117. The van der Waals surface area contributed by atoms with Gasteiger partial charge in [-0.3, -0.25) is 4.79 Å². The molecule has 0 unspecified atom stereocenters. The van der Waals surface area contributed by atoms with Crippen molar-refractivity contribution < 1.29 is 19.1 Å². The van der Waals surface area contributed by atoms with E-state index in [9.17, 15) is 9.59 Å². The van der Waals surface area contributed by atoms with Crippen molar-refractivity contribution >= 4 is 17.6 Å². The van der Waals surface area contributed by atoms with Crippen molar-refractivity contribution in [1.82, 2.24) is 0 Å². The Morgan fingerprint density at radius 1 is 0.958 bits per heavy atom. The van der Waals surface area contributed by atoms with Crippen LogP contribution >= 0.6 is 0 Å². The fourth-order valence-corrected chi connectivity index (χ4v) is 2.06. The Hall–Kier alpha value is -2.82. The number of nitrogens with one attached hydrogen (secondary N) is 1. The monoisotopic (exact) mass is 327 g/mol. The Balaban J connectivity index is 2.00. The third kappa shape index (κ3) is 4.84. The number of rotatable bonds is 6. The highest BCUT2D eigenvalue weighted by Gasteiger charge is 2.09. The summed E-state index contributed by atoms with van der Waals surface area (Å²) in [6.07, 6.45) is 0.0857. The van der Waals surface area contributed by atoms with Crippen LogP contribution in [0.25, 0.3) is 0 Å². The van der Waals surface area contributed by atoms with Crippen LogP contribution in [0, 0.1) is 0 Å². The summed E-state index contributed by atoms with van der Waals surface area (Å²) >= 11 is 0. The average molecular weight is 327 g/mol. The maximum Gasteiger partial charge on any atom is 0.338 e. The molecule has 1 amide bonds. The molecule has 1 N–H and O–H groups in total. The molecule has 0 heterocycles. The summed E-state index contributed by atoms with van der Waals surface area (Å²) in [6.45, 7) is 5.97. The molecule has 2 aromatic rings. The minimum absolute atomic E-state index is 0.0857. The van der Waals surface area contributed by atoms with E-state index in [0.29, 0.717) is 23.4 Å². The molecular weight excluding hydrogens is 306 g/mol. The molecule has 0 saturated heterocycles. The van der Waals surface area contributed by atoms with Gasteiger partial charge in [0.1, 0.15) is 5.75 Å². The number of anilines is 1. The summed E-state index contributed by atoms with van der Waals surface area (Å²) in [5, 5.41) is 2.78. The molecule has 0 bridgehead atoms. The molecule has 0 atom stereocenters. The highest BCUT2D eigenvalue weighted by atomic mass is 16.5. The van der Waals surface area contributed by atoms with E-state index in [1.807, 2.05) is 13.8 Å². The Labute approximate surface area is 141 Å². The maximum absolute atomic E-state index is 12.2. The van der Waals surface area contributed by atoms with Gasteiger partial charge in [-0.2, -0.15) is 0 Å². The molecular formula is C19H21NO4. The highest BCUT2D eigenvalue weighted by molar-refractivity contribution is 6.04. The molecule has 24 heavy (non-hydrogen) atoms. The lowest BCUT2D eigenvalue weighted by Crippen LogP contribution is -2.12. The zero-order valence-electron chi connectivity index (χ0n) is 14.0. The van der Waals surface area contributed by atoms with E-state index in [1.165, 1.54) is 0 Å². The second-order valence-electron chi connectivity index (χ2n) is 5.44. The molecule has 0 saturated carbocycles. The number of esters is 1. The zero-order valence-corrected chi connectivity index (χ0v) is 14.0. The molecule has 0 spiro atoms. The Morgan fingerprint density at radius 2 is 1.54 bits per heavy atom. The van der Waals surface area contributed by atoms with Crippen molar-refractivity contribution in [2.75, 3.05) is 11.9 Å². The van der Waals surface area contributed by atoms with Gasteiger partial charge in [-0.25, -0.2) is 4.79 Å². The molecule has 5 nitrogen and oxygen atoms in total. The lowest BCUT2D eigenvalue weighted by Gasteiger charge is -2.10. The first-order chi connectivity index (χ1) is 11.5. The van der Waals surface area contributed by atoms with Crippen molar-refractivity contribution in [2.45, 2.75) is 26.9 Å². The summed E-state index contributed by atoms with van der Waals surface area (Å²) in [5.41, 5.74) is 1.58. The van der Waals surface area contributed by atoms with Gasteiger partial charge in [0, 0.05) is 11.3 Å². The second kappa shape index (κ2) is 8.15. The number of benzene rings is 2. The first kappa shape index (κ1) is 17.5. The van der Waals surface area contributed by atoms with Gasteiger partial charge in [-0.15, -0.1) is 0 Å². The van der Waals surface area contributed by atoms with Crippen molar-refractivity contribution in [2.24, 2.45) is 0 Å². The summed E-state index contributed by atoms with van der Waals surface area (Å²) in [7, 11) is 0. The van der Waals surface area contributed by atoms with Crippen molar-refractivity contribution in [3.8, 4) is 5.75 Å². The number of ether oxygens (including phenoxy) is 2. The molecule has 5 heteroatoms. The topological polar surface area (TPSA) is 64.6 Å². The van der Waals surface area contributed by atoms with Crippen LogP contribution in [-0.4, -0.2) is 24.6 Å². The largest absolute Gasteiger partial charge is 0.491 e. The number of carbonyl (C=O) groups excluding carboxylic acids is 2.